The van der Waals surface area contributed by atoms with Gasteiger partial charge in [-0.2, -0.15) is 0 Å². The van der Waals surface area contributed by atoms with Crippen LogP contribution in [0.15, 0.2) is 0 Å². The van der Waals surface area contributed by atoms with Crippen molar-refractivity contribution in [2.75, 3.05) is 19.1 Å². The summed E-state index contributed by atoms with van der Waals surface area (Å²) in [6, 6.07) is 0. The van der Waals surface area contributed by atoms with Crippen LogP contribution >= 0.6 is 11.6 Å². The molecule has 0 aromatic heterocycles. The van der Waals surface area contributed by atoms with Crippen LogP contribution in [-0.4, -0.2) is 60.1 Å². The summed E-state index contributed by atoms with van der Waals surface area (Å²) in [4.78, 5) is 22.7. The third kappa shape index (κ3) is 1.78. The average Bonchev–Trinajstić information content (AvgIpc) is 3.29. The number of carbonyl (C=O) groups excluding carboxylic acids is 2. The van der Waals surface area contributed by atoms with Crippen molar-refractivity contribution in [2.24, 2.45) is 0 Å². The lowest BCUT2D eigenvalue weighted by atomic mass is 9.71. The number of imide groups is 1. The predicted octanol–water partition coefficient (Wildman–Crippen LogP) is 0.336. The number of hydrogen-bond acceptors (Lipinski definition) is 6. The first kappa shape index (κ1) is 13.8. The topological polar surface area (TPSA) is 93.0 Å². The second kappa shape index (κ2) is 4.10. The largest absolute Gasteiger partial charge is 0.443 e. The summed E-state index contributed by atoms with van der Waals surface area (Å²) in [7, 11) is 0. The fourth-order valence-corrected chi connectivity index (χ4v) is 3.76. The van der Waals surface area contributed by atoms with Gasteiger partial charge in [0, 0.05) is 0 Å². The number of alkyl halides is 1. The van der Waals surface area contributed by atoms with Crippen LogP contribution in [0.4, 0.5) is 4.79 Å². The van der Waals surface area contributed by atoms with Crippen molar-refractivity contribution in [3.63, 3.8) is 0 Å². The van der Waals surface area contributed by atoms with Gasteiger partial charge in [0.1, 0.15) is 29.3 Å². The monoisotopic (exact) mass is 317 g/mol. The molecule has 8 heteroatoms. The molecule has 21 heavy (non-hydrogen) atoms. The molecule has 1 saturated carbocycles. The summed E-state index contributed by atoms with van der Waals surface area (Å²) >= 11 is 5.33. The van der Waals surface area contributed by atoms with Crippen LogP contribution in [-0.2, 0) is 23.7 Å². The summed E-state index contributed by atoms with van der Waals surface area (Å²) in [5.41, 5.74) is -1.16. The highest BCUT2D eigenvalue weighted by atomic mass is 35.5. The lowest BCUT2D eigenvalue weighted by Crippen LogP contribution is -2.53. The van der Waals surface area contributed by atoms with Crippen LogP contribution in [0.5, 0.6) is 0 Å². The summed E-state index contributed by atoms with van der Waals surface area (Å²) in [6.45, 7) is 3.28. The lowest BCUT2D eigenvalue weighted by molar-refractivity contribution is -0.118. The van der Waals surface area contributed by atoms with E-state index in [1.807, 2.05) is 6.92 Å². The van der Waals surface area contributed by atoms with Gasteiger partial charge in [0.25, 0.3) is 0 Å². The van der Waals surface area contributed by atoms with Crippen molar-refractivity contribution in [2.45, 2.75) is 48.8 Å². The Hall–Kier alpha value is -0.890. The highest BCUT2D eigenvalue weighted by Crippen LogP contribution is 2.69. The van der Waals surface area contributed by atoms with E-state index in [1.165, 1.54) is 0 Å². The minimum Gasteiger partial charge on any atom is -0.443 e. The number of halogens is 1. The van der Waals surface area contributed by atoms with Crippen molar-refractivity contribution in [1.82, 2.24) is 5.32 Å². The Morgan fingerprint density at radius 2 is 2.10 bits per heavy atom. The van der Waals surface area contributed by atoms with E-state index in [1.54, 1.807) is 0 Å². The molecule has 1 aliphatic carbocycles. The van der Waals surface area contributed by atoms with Crippen molar-refractivity contribution in [3.8, 4) is 0 Å². The number of amides is 2. The molecule has 4 rings (SSSR count). The standard InChI is InChI=1S/C13H16ClNO6/c1-11(5-18-11)13-9(21-13)7(2-3-12(13)6-19-12)20-10(17)15-8(16)4-14/h7,9H,2-6H2,1H3,(H,15,16,17)/t7-,9-,11+,12-,13+/m0/s1. The Kier molecular flexibility index (Phi) is 2.68. The van der Waals surface area contributed by atoms with Crippen LogP contribution < -0.4 is 5.32 Å². The molecule has 1 N–H and O–H groups in total. The van der Waals surface area contributed by atoms with Gasteiger partial charge in [0.05, 0.1) is 13.2 Å². The van der Waals surface area contributed by atoms with E-state index in [2.05, 4.69) is 5.32 Å². The van der Waals surface area contributed by atoms with E-state index >= 15 is 0 Å². The molecule has 5 atom stereocenters. The maximum absolute atomic E-state index is 11.7. The Balaban J connectivity index is 1.46. The molecule has 3 heterocycles. The van der Waals surface area contributed by atoms with Crippen LogP contribution in [0.2, 0.25) is 0 Å². The van der Waals surface area contributed by atoms with Gasteiger partial charge < -0.3 is 18.9 Å². The maximum atomic E-state index is 11.7. The van der Waals surface area contributed by atoms with Gasteiger partial charge in [-0.3, -0.25) is 10.1 Å². The van der Waals surface area contributed by atoms with Crippen LogP contribution in [0.25, 0.3) is 0 Å². The summed E-state index contributed by atoms with van der Waals surface area (Å²) in [6.07, 6.45) is -0.0267. The van der Waals surface area contributed by atoms with E-state index in [4.69, 9.17) is 30.5 Å². The summed E-state index contributed by atoms with van der Waals surface area (Å²) in [5, 5.41) is 2.07. The SMILES string of the molecule is C[C@]1([C@]23O[C@H]2[C@@H](OC(=O)NC(=O)CCl)CC[C@]32CO2)CO1. The van der Waals surface area contributed by atoms with Gasteiger partial charge in [-0.05, 0) is 19.8 Å². The van der Waals surface area contributed by atoms with Gasteiger partial charge in [-0.1, -0.05) is 0 Å². The minimum absolute atomic E-state index is 0.238. The zero-order valence-electron chi connectivity index (χ0n) is 11.5. The smallest absolute Gasteiger partial charge is 0.414 e. The van der Waals surface area contributed by atoms with E-state index in [0.717, 1.165) is 6.42 Å². The van der Waals surface area contributed by atoms with E-state index < -0.39 is 23.7 Å². The molecule has 2 amide bonds. The zero-order valence-corrected chi connectivity index (χ0v) is 12.3. The first-order valence-corrected chi connectivity index (χ1v) is 7.52. The number of ether oxygens (including phenoxy) is 4. The van der Waals surface area contributed by atoms with Crippen molar-refractivity contribution >= 4 is 23.6 Å². The van der Waals surface area contributed by atoms with E-state index in [0.29, 0.717) is 19.6 Å². The summed E-state index contributed by atoms with van der Waals surface area (Å²) in [5.74, 6) is -0.869. The van der Waals surface area contributed by atoms with Crippen molar-refractivity contribution in [3.05, 3.63) is 0 Å². The van der Waals surface area contributed by atoms with Crippen LogP contribution in [0, 0.1) is 0 Å². The van der Waals surface area contributed by atoms with Crippen molar-refractivity contribution < 1.29 is 28.5 Å². The fraction of sp³-hybridized carbons (Fsp3) is 0.846. The molecule has 1 spiro atoms. The number of alkyl carbamates (subject to hydrolysis) is 1. The van der Waals surface area contributed by atoms with Crippen molar-refractivity contribution in [1.29, 1.82) is 0 Å². The first-order chi connectivity index (χ1) is 9.96. The first-order valence-electron chi connectivity index (χ1n) is 6.99. The Morgan fingerprint density at radius 1 is 1.38 bits per heavy atom. The molecular formula is C13H16ClNO6. The third-order valence-corrected chi connectivity index (χ3v) is 5.22. The van der Waals surface area contributed by atoms with Crippen LogP contribution in [0.1, 0.15) is 19.8 Å². The molecule has 0 radical (unpaired) electrons. The molecule has 4 fully saturated rings. The highest BCUT2D eigenvalue weighted by Gasteiger charge is 2.88. The molecule has 0 aromatic carbocycles. The highest BCUT2D eigenvalue weighted by molar-refractivity contribution is 6.28. The molecule has 4 aliphatic rings. The normalized spacial score (nSPS) is 49.2. The molecule has 3 saturated heterocycles. The minimum atomic E-state index is -0.787. The van der Waals surface area contributed by atoms with E-state index in [-0.39, 0.29) is 23.2 Å². The fourth-order valence-electron chi connectivity index (χ4n) is 3.69. The van der Waals surface area contributed by atoms with Gasteiger partial charge >= 0.3 is 6.09 Å². The number of fused-ring (bicyclic) bond motifs is 2. The quantitative estimate of drug-likeness (QED) is 0.596. The molecule has 116 valence electrons. The predicted molar refractivity (Wildman–Crippen MR) is 69.0 cm³/mol. The molecule has 0 unspecified atom stereocenters. The van der Waals surface area contributed by atoms with Gasteiger partial charge in [-0.15, -0.1) is 11.6 Å². The summed E-state index contributed by atoms with van der Waals surface area (Å²) < 4.78 is 22.5. The maximum Gasteiger partial charge on any atom is 0.414 e. The Labute approximate surface area is 126 Å². The number of rotatable bonds is 3. The Bertz CT molecular complexity index is 517. The third-order valence-electron chi connectivity index (χ3n) is 4.98. The Morgan fingerprint density at radius 3 is 2.67 bits per heavy atom. The molecule has 3 aliphatic heterocycles. The van der Waals surface area contributed by atoms with Gasteiger partial charge in [-0.25, -0.2) is 4.79 Å². The number of hydrogen-bond donors (Lipinski definition) is 1. The second-order valence-corrected chi connectivity index (χ2v) is 6.51. The van der Waals surface area contributed by atoms with Crippen LogP contribution in [0.3, 0.4) is 0 Å². The number of nitrogens with one attached hydrogen (secondary N) is 1. The molecule has 7 nitrogen and oxygen atoms in total. The number of carbonyl (C=O) groups is 2. The van der Waals surface area contributed by atoms with Gasteiger partial charge in [0.2, 0.25) is 5.91 Å². The molecular weight excluding hydrogens is 302 g/mol. The second-order valence-electron chi connectivity index (χ2n) is 6.24. The van der Waals surface area contributed by atoms with Gasteiger partial charge in [0.15, 0.2) is 5.60 Å². The van der Waals surface area contributed by atoms with E-state index in [9.17, 15) is 9.59 Å². The zero-order chi connectivity index (χ0) is 14.9. The number of epoxide rings is 3. The average molecular weight is 318 g/mol. The lowest BCUT2D eigenvalue weighted by Gasteiger charge is -2.31. The molecule has 0 aromatic rings. The molecule has 0 bridgehead atoms.